The van der Waals surface area contributed by atoms with Crippen molar-refractivity contribution in [2.45, 2.75) is 6.92 Å². The summed E-state index contributed by atoms with van der Waals surface area (Å²) in [5.74, 6) is 1.44. The lowest BCUT2D eigenvalue weighted by Crippen LogP contribution is -2.15. The van der Waals surface area contributed by atoms with Gasteiger partial charge in [0, 0.05) is 10.9 Å². The van der Waals surface area contributed by atoms with E-state index in [1.54, 1.807) is 6.92 Å². The number of benzene rings is 3. The first-order chi connectivity index (χ1) is 13.1. The Labute approximate surface area is 156 Å². The van der Waals surface area contributed by atoms with Crippen molar-refractivity contribution in [1.29, 1.82) is 0 Å². The van der Waals surface area contributed by atoms with Crippen molar-refractivity contribution in [3.8, 4) is 11.4 Å². The van der Waals surface area contributed by atoms with Crippen LogP contribution < -0.4 is 11.5 Å². The second-order valence-corrected chi connectivity index (χ2v) is 6.17. The zero-order chi connectivity index (χ0) is 18.8. The number of nitrogens with zero attached hydrogens (tertiary/aromatic N) is 4. The number of hydrogen-bond acceptors (Lipinski definition) is 3. The minimum atomic E-state index is 0.0586. The zero-order valence-electron chi connectivity index (χ0n) is 14.8. The van der Waals surface area contributed by atoms with Gasteiger partial charge in [-0.1, -0.05) is 48.5 Å². The van der Waals surface area contributed by atoms with E-state index >= 15 is 0 Å². The summed E-state index contributed by atoms with van der Waals surface area (Å²) in [4.78, 5) is 17.7. The standard InChI is InChI=1S/C21H18N6/c1-13(22)24-21(23)27-20-17-8-4-5-9-18(17)25-19(26-20)16-11-10-14-6-2-3-7-15(14)12-16/h2-12H,1H3,(H4,22,23,24,25,26,27). The molecule has 1 aromatic heterocycles. The van der Waals surface area contributed by atoms with Crippen LogP contribution in [-0.4, -0.2) is 21.8 Å². The van der Waals surface area contributed by atoms with Crippen LogP contribution in [0.5, 0.6) is 0 Å². The van der Waals surface area contributed by atoms with Crippen LogP contribution >= 0.6 is 0 Å². The second kappa shape index (κ2) is 6.84. The Morgan fingerprint density at radius 3 is 2.41 bits per heavy atom. The smallest absolute Gasteiger partial charge is 0.223 e. The van der Waals surface area contributed by atoms with Crippen LogP contribution in [0.1, 0.15) is 6.92 Å². The average Bonchev–Trinajstić information content (AvgIpc) is 2.67. The second-order valence-electron chi connectivity index (χ2n) is 6.17. The fourth-order valence-electron chi connectivity index (χ4n) is 2.92. The van der Waals surface area contributed by atoms with Gasteiger partial charge in [-0.15, -0.1) is 0 Å². The molecule has 6 heteroatoms. The lowest BCUT2D eigenvalue weighted by molar-refractivity contribution is 1.20. The molecule has 132 valence electrons. The fourth-order valence-corrected chi connectivity index (χ4v) is 2.92. The molecular formula is C21H18N6. The molecule has 0 atom stereocenters. The van der Waals surface area contributed by atoms with Crippen molar-refractivity contribution in [2.24, 2.45) is 21.5 Å². The lowest BCUT2D eigenvalue weighted by Gasteiger charge is -2.07. The molecule has 0 unspecified atom stereocenters. The highest BCUT2D eigenvalue weighted by Crippen LogP contribution is 2.28. The van der Waals surface area contributed by atoms with E-state index in [1.807, 2.05) is 42.5 Å². The van der Waals surface area contributed by atoms with Gasteiger partial charge in [-0.2, -0.15) is 4.99 Å². The van der Waals surface area contributed by atoms with E-state index in [2.05, 4.69) is 39.2 Å². The molecule has 0 radical (unpaired) electrons. The first-order valence-electron chi connectivity index (χ1n) is 8.51. The Kier molecular flexibility index (Phi) is 4.22. The minimum Gasteiger partial charge on any atom is -0.387 e. The number of aliphatic imine (C=N–C) groups is 2. The molecule has 0 saturated carbocycles. The normalized spacial score (nSPS) is 12.6. The van der Waals surface area contributed by atoms with Gasteiger partial charge in [-0.3, -0.25) is 0 Å². The summed E-state index contributed by atoms with van der Waals surface area (Å²) in [6.45, 7) is 1.65. The number of hydrogen-bond donors (Lipinski definition) is 2. The third kappa shape index (κ3) is 3.46. The molecule has 0 spiro atoms. The summed E-state index contributed by atoms with van der Waals surface area (Å²) in [6.07, 6.45) is 0. The first kappa shape index (κ1) is 16.7. The Morgan fingerprint density at radius 1 is 0.852 bits per heavy atom. The summed E-state index contributed by atoms with van der Waals surface area (Å²) in [5, 5.41) is 3.09. The molecule has 0 aliphatic heterocycles. The summed E-state index contributed by atoms with van der Waals surface area (Å²) in [7, 11) is 0. The quantitative estimate of drug-likeness (QED) is 0.422. The van der Waals surface area contributed by atoms with Crippen LogP contribution in [0.4, 0.5) is 5.82 Å². The maximum atomic E-state index is 5.88. The van der Waals surface area contributed by atoms with Crippen molar-refractivity contribution in [3.05, 3.63) is 66.7 Å². The number of amidine groups is 1. The van der Waals surface area contributed by atoms with E-state index in [0.29, 0.717) is 17.5 Å². The molecule has 3 aromatic carbocycles. The number of rotatable bonds is 2. The molecule has 27 heavy (non-hydrogen) atoms. The third-order valence-electron chi connectivity index (χ3n) is 4.10. The van der Waals surface area contributed by atoms with E-state index in [1.165, 1.54) is 0 Å². The molecule has 0 aliphatic carbocycles. The summed E-state index contributed by atoms with van der Waals surface area (Å²) < 4.78 is 0. The molecule has 0 amide bonds. The van der Waals surface area contributed by atoms with Gasteiger partial charge in [0.2, 0.25) is 5.96 Å². The molecule has 4 N–H and O–H groups in total. The van der Waals surface area contributed by atoms with E-state index in [0.717, 1.165) is 27.2 Å². The average molecular weight is 354 g/mol. The minimum absolute atomic E-state index is 0.0586. The molecule has 4 aromatic rings. The molecule has 0 aliphatic rings. The highest BCUT2D eigenvalue weighted by Gasteiger charge is 2.10. The Hall–Kier alpha value is -3.80. The molecule has 4 rings (SSSR count). The Morgan fingerprint density at radius 2 is 1.59 bits per heavy atom. The lowest BCUT2D eigenvalue weighted by atomic mass is 10.1. The van der Waals surface area contributed by atoms with Gasteiger partial charge in [0.05, 0.1) is 11.4 Å². The SMILES string of the molecule is C/C(N)=N/C(N)=Nc1nc(-c2ccc3ccccc3c2)nc2ccccc12. The Balaban J connectivity index is 1.92. The fraction of sp³-hybridized carbons (Fsp3) is 0.0476. The summed E-state index contributed by atoms with van der Waals surface area (Å²) in [5.41, 5.74) is 13.2. The largest absolute Gasteiger partial charge is 0.387 e. The highest BCUT2D eigenvalue weighted by molar-refractivity contribution is 5.97. The molecule has 0 saturated heterocycles. The van der Waals surface area contributed by atoms with Crippen molar-refractivity contribution in [3.63, 3.8) is 0 Å². The van der Waals surface area contributed by atoms with E-state index in [9.17, 15) is 0 Å². The van der Waals surface area contributed by atoms with Crippen LogP contribution in [0.2, 0.25) is 0 Å². The molecule has 0 bridgehead atoms. The Bertz CT molecular complexity index is 1210. The van der Waals surface area contributed by atoms with Gasteiger partial charge >= 0.3 is 0 Å². The summed E-state index contributed by atoms with van der Waals surface area (Å²) >= 11 is 0. The van der Waals surface area contributed by atoms with Gasteiger partial charge < -0.3 is 11.5 Å². The predicted octanol–water partition coefficient (Wildman–Crippen LogP) is 3.77. The van der Waals surface area contributed by atoms with Crippen molar-refractivity contribution in [1.82, 2.24) is 9.97 Å². The van der Waals surface area contributed by atoms with E-state index < -0.39 is 0 Å². The first-order valence-corrected chi connectivity index (χ1v) is 8.51. The van der Waals surface area contributed by atoms with Crippen LogP contribution in [0.25, 0.3) is 33.1 Å². The molecular weight excluding hydrogens is 336 g/mol. The number of aromatic nitrogens is 2. The van der Waals surface area contributed by atoms with Gasteiger partial charge in [-0.25, -0.2) is 15.0 Å². The van der Waals surface area contributed by atoms with E-state index in [4.69, 9.17) is 16.5 Å². The molecule has 6 nitrogen and oxygen atoms in total. The topological polar surface area (TPSA) is 103 Å². The number of guanidine groups is 1. The van der Waals surface area contributed by atoms with Crippen molar-refractivity contribution in [2.75, 3.05) is 0 Å². The predicted molar refractivity (Wildman–Crippen MR) is 111 cm³/mol. The van der Waals surface area contributed by atoms with Crippen LogP contribution in [0.3, 0.4) is 0 Å². The maximum Gasteiger partial charge on any atom is 0.223 e. The van der Waals surface area contributed by atoms with Gasteiger partial charge in [0.1, 0.15) is 0 Å². The molecule has 1 heterocycles. The van der Waals surface area contributed by atoms with Crippen molar-refractivity contribution >= 4 is 39.3 Å². The summed E-state index contributed by atoms with van der Waals surface area (Å²) in [6, 6.07) is 22.0. The number of nitrogens with two attached hydrogens (primary N) is 2. The van der Waals surface area contributed by atoms with Gasteiger partial charge in [-0.05, 0) is 35.9 Å². The van der Waals surface area contributed by atoms with Crippen LogP contribution in [-0.2, 0) is 0 Å². The van der Waals surface area contributed by atoms with Crippen LogP contribution in [0.15, 0.2) is 76.7 Å². The molecule has 0 fully saturated rings. The number of para-hydroxylation sites is 1. The van der Waals surface area contributed by atoms with Crippen LogP contribution in [0, 0.1) is 0 Å². The van der Waals surface area contributed by atoms with Gasteiger partial charge in [0.15, 0.2) is 11.6 Å². The monoisotopic (exact) mass is 354 g/mol. The third-order valence-corrected chi connectivity index (χ3v) is 4.10. The number of fused-ring (bicyclic) bond motifs is 2. The van der Waals surface area contributed by atoms with E-state index in [-0.39, 0.29) is 5.96 Å². The zero-order valence-corrected chi connectivity index (χ0v) is 14.8. The highest BCUT2D eigenvalue weighted by atomic mass is 15.1. The van der Waals surface area contributed by atoms with Gasteiger partial charge in [0.25, 0.3) is 0 Å². The van der Waals surface area contributed by atoms with Crippen molar-refractivity contribution < 1.29 is 0 Å². The maximum absolute atomic E-state index is 5.88.